The van der Waals surface area contributed by atoms with Crippen LogP contribution in [0.5, 0.6) is 0 Å². The van der Waals surface area contributed by atoms with Crippen molar-refractivity contribution in [2.24, 2.45) is 5.92 Å². The minimum Gasteiger partial charge on any atom is -0.342 e. The Kier molecular flexibility index (Phi) is 7.12. The summed E-state index contributed by atoms with van der Waals surface area (Å²) in [6, 6.07) is 0. The van der Waals surface area contributed by atoms with E-state index in [9.17, 15) is 9.59 Å². The summed E-state index contributed by atoms with van der Waals surface area (Å²) in [6.07, 6.45) is 11.4. The number of amides is 2. The van der Waals surface area contributed by atoms with E-state index in [1.165, 1.54) is 18.4 Å². The van der Waals surface area contributed by atoms with Gasteiger partial charge in [0.15, 0.2) is 0 Å². The molecule has 0 aromatic heterocycles. The summed E-state index contributed by atoms with van der Waals surface area (Å²) in [5.41, 5.74) is 1.34. The second kappa shape index (κ2) is 9.54. The number of rotatable bonds is 5. The van der Waals surface area contributed by atoms with Crippen molar-refractivity contribution < 1.29 is 9.59 Å². The summed E-state index contributed by atoms with van der Waals surface area (Å²) in [5, 5.41) is 0. The zero-order chi connectivity index (χ0) is 18.4. The molecule has 2 fully saturated rings. The molecule has 0 bridgehead atoms. The van der Waals surface area contributed by atoms with Crippen LogP contribution in [0.3, 0.4) is 0 Å². The molecule has 0 aromatic rings. The molecule has 146 valence electrons. The maximum absolute atomic E-state index is 12.6. The standard InChI is InChI=1S/C21H35N3O2/c1-22-12-14-23(15-13-22)20(25)10-9-19-8-5-11-24(17-19)21(26)16-18-6-3-2-4-7-18/h6,19H,2-5,7-17H2,1H3. The smallest absolute Gasteiger partial charge is 0.226 e. The van der Waals surface area contributed by atoms with Crippen molar-refractivity contribution in [3.63, 3.8) is 0 Å². The third kappa shape index (κ3) is 5.57. The van der Waals surface area contributed by atoms with E-state index in [4.69, 9.17) is 0 Å². The predicted molar refractivity (Wildman–Crippen MR) is 104 cm³/mol. The molecule has 2 heterocycles. The van der Waals surface area contributed by atoms with Crippen LogP contribution >= 0.6 is 0 Å². The van der Waals surface area contributed by atoms with Crippen LogP contribution < -0.4 is 0 Å². The summed E-state index contributed by atoms with van der Waals surface area (Å²) in [4.78, 5) is 31.4. The van der Waals surface area contributed by atoms with Crippen molar-refractivity contribution in [3.8, 4) is 0 Å². The number of likely N-dealkylation sites (tertiary alicyclic amines) is 1. The van der Waals surface area contributed by atoms with Gasteiger partial charge in [-0.3, -0.25) is 9.59 Å². The molecule has 1 atom stereocenters. The quantitative estimate of drug-likeness (QED) is 0.707. The Morgan fingerprint density at radius 3 is 2.54 bits per heavy atom. The lowest BCUT2D eigenvalue weighted by molar-refractivity contribution is -0.133. The van der Waals surface area contributed by atoms with E-state index in [1.807, 2.05) is 4.90 Å². The van der Waals surface area contributed by atoms with E-state index in [0.29, 0.717) is 30.6 Å². The van der Waals surface area contributed by atoms with Gasteiger partial charge in [-0.1, -0.05) is 11.6 Å². The Bertz CT molecular complexity index is 523. The second-order valence-electron chi connectivity index (χ2n) is 8.36. The first-order valence-electron chi connectivity index (χ1n) is 10.5. The highest BCUT2D eigenvalue weighted by Crippen LogP contribution is 2.25. The van der Waals surface area contributed by atoms with Crippen LogP contribution in [0, 0.1) is 5.92 Å². The van der Waals surface area contributed by atoms with Gasteiger partial charge in [0.05, 0.1) is 0 Å². The number of hydrogen-bond donors (Lipinski definition) is 0. The molecule has 1 aliphatic carbocycles. The predicted octanol–water partition coefficient (Wildman–Crippen LogP) is 2.67. The van der Waals surface area contributed by atoms with Crippen molar-refractivity contribution >= 4 is 11.8 Å². The normalized spacial score (nSPS) is 25.1. The van der Waals surface area contributed by atoms with Crippen LogP contribution in [-0.2, 0) is 9.59 Å². The average Bonchev–Trinajstić information content (AvgIpc) is 2.67. The number of hydrogen-bond acceptors (Lipinski definition) is 3. The highest BCUT2D eigenvalue weighted by molar-refractivity contribution is 5.79. The monoisotopic (exact) mass is 361 g/mol. The fourth-order valence-corrected chi connectivity index (χ4v) is 4.44. The fourth-order valence-electron chi connectivity index (χ4n) is 4.44. The molecule has 5 heteroatoms. The Hall–Kier alpha value is -1.36. The SMILES string of the molecule is CN1CCN(C(=O)CCC2CCCN(C(=O)CC3=CCCCC3)C2)CC1. The summed E-state index contributed by atoms with van der Waals surface area (Å²) >= 11 is 0. The summed E-state index contributed by atoms with van der Waals surface area (Å²) < 4.78 is 0. The van der Waals surface area contributed by atoms with Crippen LogP contribution in [0.2, 0.25) is 0 Å². The van der Waals surface area contributed by atoms with Gasteiger partial charge in [-0.15, -0.1) is 0 Å². The number of nitrogens with zero attached hydrogens (tertiary/aromatic N) is 3. The number of allylic oxidation sites excluding steroid dienone is 1. The van der Waals surface area contributed by atoms with Gasteiger partial charge in [0, 0.05) is 52.1 Å². The van der Waals surface area contributed by atoms with Gasteiger partial charge in [0.1, 0.15) is 0 Å². The molecule has 0 radical (unpaired) electrons. The molecule has 0 N–H and O–H groups in total. The highest BCUT2D eigenvalue weighted by Gasteiger charge is 2.26. The van der Waals surface area contributed by atoms with Gasteiger partial charge in [-0.05, 0) is 57.9 Å². The van der Waals surface area contributed by atoms with Crippen molar-refractivity contribution in [1.29, 1.82) is 0 Å². The maximum atomic E-state index is 12.6. The number of piperazine rings is 1. The summed E-state index contributed by atoms with van der Waals surface area (Å²) in [6.45, 7) is 5.43. The van der Waals surface area contributed by atoms with Crippen LogP contribution in [0.15, 0.2) is 11.6 Å². The molecular formula is C21H35N3O2. The number of carbonyl (C=O) groups is 2. The molecule has 0 saturated carbocycles. The van der Waals surface area contributed by atoms with Gasteiger partial charge in [0.25, 0.3) is 0 Å². The first kappa shape index (κ1) is 19.4. The molecular weight excluding hydrogens is 326 g/mol. The topological polar surface area (TPSA) is 43.9 Å². The van der Waals surface area contributed by atoms with Crippen molar-refractivity contribution in [3.05, 3.63) is 11.6 Å². The lowest BCUT2D eigenvalue weighted by Crippen LogP contribution is -2.47. The molecule has 3 rings (SSSR count). The molecule has 3 aliphatic rings. The third-order valence-corrected chi connectivity index (χ3v) is 6.26. The van der Waals surface area contributed by atoms with E-state index in [0.717, 1.165) is 71.4 Å². The average molecular weight is 362 g/mol. The van der Waals surface area contributed by atoms with Crippen LogP contribution in [0.1, 0.15) is 57.8 Å². The fraction of sp³-hybridized carbons (Fsp3) is 0.810. The lowest BCUT2D eigenvalue weighted by Gasteiger charge is -2.35. The zero-order valence-corrected chi connectivity index (χ0v) is 16.4. The van der Waals surface area contributed by atoms with Gasteiger partial charge < -0.3 is 14.7 Å². The van der Waals surface area contributed by atoms with Crippen LogP contribution in [-0.4, -0.2) is 72.8 Å². The van der Waals surface area contributed by atoms with Crippen molar-refractivity contribution in [1.82, 2.24) is 14.7 Å². The van der Waals surface area contributed by atoms with E-state index >= 15 is 0 Å². The van der Waals surface area contributed by atoms with Gasteiger partial charge in [0.2, 0.25) is 11.8 Å². The number of piperidine rings is 1. The Balaban J connectivity index is 1.41. The Morgan fingerprint density at radius 1 is 1.00 bits per heavy atom. The minimum atomic E-state index is 0.299. The molecule has 2 amide bonds. The van der Waals surface area contributed by atoms with E-state index in [-0.39, 0.29) is 0 Å². The van der Waals surface area contributed by atoms with E-state index in [2.05, 4.69) is 22.9 Å². The minimum absolute atomic E-state index is 0.299. The van der Waals surface area contributed by atoms with E-state index in [1.54, 1.807) is 0 Å². The van der Waals surface area contributed by atoms with Crippen molar-refractivity contribution in [2.75, 3.05) is 46.3 Å². The lowest BCUT2D eigenvalue weighted by atomic mass is 9.92. The van der Waals surface area contributed by atoms with Gasteiger partial charge in [-0.2, -0.15) is 0 Å². The van der Waals surface area contributed by atoms with Gasteiger partial charge in [-0.25, -0.2) is 0 Å². The molecule has 5 nitrogen and oxygen atoms in total. The Morgan fingerprint density at radius 2 is 1.81 bits per heavy atom. The van der Waals surface area contributed by atoms with Crippen LogP contribution in [0.4, 0.5) is 0 Å². The van der Waals surface area contributed by atoms with Crippen LogP contribution in [0.25, 0.3) is 0 Å². The summed E-state index contributed by atoms with van der Waals surface area (Å²) in [7, 11) is 2.11. The largest absolute Gasteiger partial charge is 0.342 e. The highest BCUT2D eigenvalue weighted by atomic mass is 16.2. The molecule has 2 saturated heterocycles. The first-order chi connectivity index (χ1) is 12.6. The van der Waals surface area contributed by atoms with E-state index < -0.39 is 0 Å². The molecule has 0 spiro atoms. The summed E-state index contributed by atoms with van der Waals surface area (Å²) in [5.74, 6) is 1.09. The zero-order valence-electron chi connectivity index (χ0n) is 16.4. The third-order valence-electron chi connectivity index (χ3n) is 6.26. The molecule has 26 heavy (non-hydrogen) atoms. The number of carbonyl (C=O) groups excluding carboxylic acids is 2. The number of likely N-dealkylation sites (N-methyl/N-ethyl adjacent to an activating group) is 1. The molecule has 0 aromatic carbocycles. The molecule has 2 aliphatic heterocycles. The Labute approximate surface area is 158 Å². The first-order valence-corrected chi connectivity index (χ1v) is 10.5. The van der Waals surface area contributed by atoms with Crippen molar-refractivity contribution in [2.45, 2.75) is 57.8 Å². The second-order valence-corrected chi connectivity index (χ2v) is 8.36. The van der Waals surface area contributed by atoms with Gasteiger partial charge >= 0.3 is 0 Å². The maximum Gasteiger partial charge on any atom is 0.226 e. The molecule has 1 unspecified atom stereocenters.